The first-order valence-corrected chi connectivity index (χ1v) is 11.1. The zero-order chi connectivity index (χ0) is 22.2. The van der Waals surface area contributed by atoms with Gasteiger partial charge in [-0.15, -0.1) is 11.3 Å². The van der Waals surface area contributed by atoms with Gasteiger partial charge in [0.25, 0.3) is 5.91 Å². The number of nitrogens with one attached hydrogen (secondary N) is 1. The minimum atomic E-state index is -0.159. The SMILES string of the molecule is Cc1cc2c(N)nccc2c(C)c1CNC(=O)c1cnn(Cc2nc3ccccc3s2)c1. The van der Waals surface area contributed by atoms with E-state index in [0.717, 1.165) is 42.7 Å². The average Bonchev–Trinajstić information content (AvgIpc) is 3.41. The lowest BCUT2D eigenvalue weighted by Gasteiger charge is -2.14. The molecule has 0 fully saturated rings. The van der Waals surface area contributed by atoms with Gasteiger partial charge in [-0.2, -0.15) is 5.10 Å². The molecule has 8 heteroatoms. The van der Waals surface area contributed by atoms with Crippen LogP contribution < -0.4 is 11.1 Å². The van der Waals surface area contributed by atoms with Crippen molar-refractivity contribution in [2.45, 2.75) is 26.9 Å². The highest BCUT2D eigenvalue weighted by molar-refractivity contribution is 7.18. The summed E-state index contributed by atoms with van der Waals surface area (Å²) in [4.78, 5) is 21.6. The summed E-state index contributed by atoms with van der Waals surface area (Å²) in [5.74, 6) is 0.360. The summed E-state index contributed by atoms with van der Waals surface area (Å²) >= 11 is 1.64. The van der Waals surface area contributed by atoms with Crippen molar-refractivity contribution in [2.75, 3.05) is 5.73 Å². The molecule has 3 aromatic heterocycles. The van der Waals surface area contributed by atoms with Crippen molar-refractivity contribution in [3.05, 3.63) is 82.3 Å². The van der Waals surface area contributed by atoms with Crippen molar-refractivity contribution in [1.29, 1.82) is 0 Å². The van der Waals surface area contributed by atoms with Gasteiger partial charge in [0.1, 0.15) is 10.8 Å². The molecule has 0 atom stereocenters. The zero-order valence-corrected chi connectivity index (χ0v) is 18.6. The summed E-state index contributed by atoms with van der Waals surface area (Å²) in [7, 11) is 0. The van der Waals surface area contributed by atoms with E-state index in [-0.39, 0.29) is 5.91 Å². The fraction of sp³-hybridized carbons (Fsp3) is 0.167. The van der Waals surface area contributed by atoms with Crippen LogP contribution in [0.2, 0.25) is 0 Å². The van der Waals surface area contributed by atoms with E-state index in [4.69, 9.17) is 5.73 Å². The summed E-state index contributed by atoms with van der Waals surface area (Å²) in [6.45, 7) is 5.03. The molecule has 3 heterocycles. The smallest absolute Gasteiger partial charge is 0.254 e. The van der Waals surface area contributed by atoms with Crippen LogP contribution in [0.5, 0.6) is 0 Å². The third kappa shape index (κ3) is 3.69. The third-order valence-electron chi connectivity index (χ3n) is 5.67. The number of thiazole rings is 1. The molecule has 5 aromatic rings. The Labute approximate surface area is 188 Å². The van der Waals surface area contributed by atoms with Gasteiger partial charge in [-0.05, 0) is 60.2 Å². The van der Waals surface area contributed by atoms with Gasteiger partial charge in [0.15, 0.2) is 0 Å². The Kier molecular flexibility index (Phi) is 5.07. The predicted octanol–water partition coefficient (Wildman–Crippen LogP) is 4.22. The number of para-hydroxylation sites is 1. The molecule has 0 spiro atoms. The molecular formula is C24H22N6OS. The van der Waals surface area contributed by atoms with Gasteiger partial charge in [0.2, 0.25) is 0 Å². The minimum Gasteiger partial charge on any atom is -0.383 e. The molecule has 0 aliphatic carbocycles. The Morgan fingerprint density at radius 1 is 1.19 bits per heavy atom. The van der Waals surface area contributed by atoms with Gasteiger partial charge in [0.05, 0.1) is 28.5 Å². The van der Waals surface area contributed by atoms with E-state index in [0.29, 0.717) is 24.5 Å². The van der Waals surface area contributed by atoms with Gasteiger partial charge in [0, 0.05) is 24.3 Å². The van der Waals surface area contributed by atoms with E-state index in [9.17, 15) is 4.79 Å². The van der Waals surface area contributed by atoms with Gasteiger partial charge in [-0.3, -0.25) is 9.48 Å². The number of nitrogen functional groups attached to an aromatic ring is 1. The van der Waals surface area contributed by atoms with Crippen LogP contribution in [0.4, 0.5) is 5.82 Å². The van der Waals surface area contributed by atoms with Gasteiger partial charge < -0.3 is 11.1 Å². The van der Waals surface area contributed by atoms with Crippen LogP contribution in [0.3, 0.4) is 0 Å². The largest absolute Gasteiger partial charge is 0.383 e. The molecule has 7 nitrogen and oxygen atoms in total. The fourth-order valence-electron chi connectivity index (χ4n) is 3.97. The van der Waals surface area contributed by atoms with E-state index in [1.807, 2.05) is 44.2 Å². The molecule has 0 saturated carbocycles. The van der Waals surface area contributed by atoms with Gasteiger partial charge in [-0.1, -0.05) is 12.1 Å². The maximum atomic E-state index is 12.8. The lowest BCUT2D eigenvalue weighted by molar-refractivity contribution is 0.0950. The second-order valence-electron chi connectivity index (χ2n) is 7.77. The Bertz CT molecular complexity index is 1440. The molecule has 160 valence electrons. The number of aromatic nitrogens is 4. The number of nitrogens with zero attached hydrogens (tertiary/aromatic N) is 4. The van der Waals surface area contributed by atoms with Crippen LogP contribution in [0.15, 0.2) is 55.0 Å². The molecule has 0 bridgehead atoms. The second kappa shape index (κ2) is 8.05. The molecule has 0 aliphatic heterocycles. The lowest BCUT2D eigenvalue weighted by Crippen LogP contribution is -2.23. The van der Waals surface area contributed by atoms with Crippen molar-refractivity contribution in [2.24, 2.45) is 0 Å². The molecule has 3 N–H and O–H groups in total. The highest BCUT2D eigenvalue weighted by Gasteiger charge is 2.14. The number of benzene rings is 2. The van der Waals surface area contributed by atoms with Crippen LogP contribution in [0.25, 0.3) is 21.0 Å². The van der Waals surface area contributed by atoms with Crippen LogP contribution >= 0.6 is 11.3 Å². The van der Waals surface area contributed by atoms with Crippen molar-refractivity contribution >= 4 is 44.1 Å². The van der Waals surface area contributed by atoms with E-state index in [1.165, 1.54) is 0 Å². The van der Waals surface area contributed by atoms with Crippen LogP contribution in [-0.2, 0) is 13.1 Å². The Hall–Kier alpha value is -3.78. The molecule has 5 rings (SSSR count). The zero-order valence-electron chi connectivity index (χ0n) is 17.8. The number of hydrogen-bond donors (Lipinski definition) is 2. The minimum absolute atomic E-state index is 0.159. The molecule has 0 aliphatic rings. The van der Waals surface area contributed by atoms with E-state index in [2.05, 4.69) is 26.4 Å². The fourth-order valence-corrected chi connectivity index (χ4v) is 4.93. The Balaban J connectivity index is 1.30. The molecular weight excluding hydrogens is 420 g/mol. The number of rotatable bonds is 5. The van der Waals surface area contributed by atoms with E-state index in [1.54, 1.807) is 34.6 Å². The first-order chi connectivity index (χ1) is 15.5. The number of hydrogen-bond acceptors (Lipinski definition) is 6. The summed E-state index contributed by atoms with van der Waals surface area (Å²) in [6, 6.07) is 12.0. The van der Waals surface area contributed by atoms with Crippen molar-refractivity contribution in [1.82, 2.24) is 25.1 Å². The molecule has 2 aromatic carbocycles. The number of pyridine rings is 1. The lowest BCUT2D eigenvalue weighted by atomic mass is 9.96. The maximum Gasteiger partial charge on any atom is 0.254 e. The Morgan fingerprint density at radius 2 is 2.03 bits per heavy atom. The maximum absolute atomic E-state index is 12.8. The second-order valence-corrected chi connectivity index (χ2v) is 8.89. The predicted molar refractivity (Wildman–Crippen MR) is 128 cm³/mol. The van der Waals surface area contributed by atoms with Crippen molar-refractivity contribution < 1.29 is 4.79 Å². The monoisotopic (exact) mass is 442 g/mol. The van der Waals surface area contributed by atoms with E-state index < -0.39 is 0 Å². The number of anilines is 1. The summed E-state index contributed by atoms with van der Waals surface area (Å²) in [5.41, 5.74) is 10.8. The normalized spacial score (nSPS) is 11.3. The van der Waals surface area contributed by atoms with Crippen LogP contribution in [0, 0.1) is 13.8 Å². The standard InChI is InChI=1S/C24H22N6OS/c1-14-9-18-17(7-8-26-23(18)25)15(2)19(14)11-27-24(31)16-10-28-30(12-16)13-22-29-20-5-3-4-6-21(20)32-22/h3-10,12H,11,13H2,1-2H3,(H2,25,26)(H,27,31). The van der Waals surface area contributed by atoms with Crippen LogP contribution in [0.1, 0.15) is 32.1 Å². The number of carbonyl (C=O) groups is 1. The first kappa shape index (κ1) is 20.1. The first-order valence-electron chi connectivity index (χ1n) is 10.3. The average molecular weight is 443 g/mol. The van der Waals surface area contributed by atoms with Gasteiger partial charge in [-0.25, -0.2) is 9.97 Å². The number of carbonyl (C=O) groups excluding carboxylic acids is 1. The Morgan fingerprint density at radius 3 is 2.88 bits per heavy atom. The quantitative estimate of drug-likeness (QED) is 0.425. The topological polar surface area (TPSA) is 98.7 Å². The number of amides is 1. The van der Waals surface area contributed by atoms with Gasteiger partial charge >= 0.3 is 0 Å². The summed E-state index contributed by atoms with van der Waals surface area (Å²) in [6.07, 6.45) is 5.06. The molecule has 0 saturated heterocycles. The van der Waals surface area contributed by atoms with E-state index >= 15 is 0 Å². The van der Waals surface area contributed by atoms with Crippen molar-refractivity contribution in [3.63, 3.8) is 0 Å². The third-order valence-corrected chi connectivity index (χ3v) is 6.69. The highest BCUT2D eigenvalue weighted by Crippen LogP contribution is 2.28. The van der Waals surface area contributed by atoms with Crippen molar-refractivity contribution in [3.8, 4) is 0 Å². The van der Waals surface area contributed by atoms with Crippen LogP contribution in [-0.4, -0.2) is 25.7 Å². The number of aryl methyl sites for hydroxylation is 2. The summed E-state index contributed by atoms with van der Waals surface area (Å²) in [5, 5.41) is 10.3. The molecule has 0 unspecified atom stereocenters. The number of fused-ring (bicyclic) bond motifs is 2. The molecule has 1 amide bonds. The highest BCUT2D eigenvalue weighted by atomic mass is 32.1. The molecule has 32 heavy (non-hydrogen) atoms. The number of nitrogens with two attached hydrogens (primary N) is 1. The summed E-state index contributed by atoms with van der Waals surface area (Å²) < 4.78 is 2.89. The molecule has 0 radical (unpaired) electrons.